The zero-order chi connectivity index (χ0) is 16.1. The maximum atomic E-state index is 3.96. The van der Waals surface area contributed by atoms with E-state index in [9.17, 15) is 0 Å². The van der Waals surface area contributed by atoms with Gasteiger partial charge in [-0.05, 0) is 55.4 Å². The van der Waals surface area contributed by atoms with Crippen LogP contribution < -0.4 is 0 Å². The molecule has 0 radical (unpaired) electrons. The first-order valence-corrected chi connectivity index (χ1v) is 8.24. The molecular formula is C24H16. The van der Waals surface area contributed by atoms with Crippen LogP contribution in [0.1, 0.15) is 16.7 Å². The highest BCUT2D eigenvalue weighted by molar-refractivity contribution is 6.09. The number of hydrogen-bond acceptors (Lipinski definition) is 0. The Morgan fingerprint density at radius 3 is 2.50 bits per heavy atom. The van der Waals surface area contributed by atoms with E-state index in [4.69, 9.17) is 0 Å². The van der Waals surface area contributed by atoms with Crippen LogP contribution in [0.2, 0.25) is 0 Å². The van der Waals surface area contributed by atoms with Gasteiger partial charge in [-0.2, -0.15) is 0 Å². The molecule has 0 saturated carbocycles. The molecule has 5 rings (SSSR count). The molecule has 4 aromatic rings. The molecule has 24 heavy (non-hydrogen) atoms. The molecule has 1 aliphatic rings. The van der Waals surface area contributed by atoms with Crippen LogP contribution >= 0.6 is 0 Å². The van der Waals surface area contributed by atoms with Crippen LogP contribution in [-0.2, 0) is 0 Å². The number of hydrogen-bond donors (Lipinski definition) is 0. The van der Waals surface area contributed by atoms with Crippen molar-refractivity contribution in [3.8, 4) is 11.1 Å². The Morgan fingerprint density at radius 1 is 0.750 bits per heavy atom. The predicted molar refractivity (Wildman–Crippen MR) is 106 cm³/mol. The van der Waals surface area contributed by atoms with Crippen molar-refractivity contribution in [1.29, 1.82) is 0 Å². The van der Waals surface area contributed by atoms with E-state index < -0.39 is 0 Å². The fourth-order valence-corrected chi connectivity index (χ4v) is 3.82. The van der Waals surface area contributed by atoms with Gasteiger partial charge in [0.25, 0.3) is 0 Å². The lowest BCUT2D eigenvalue weighted by Crippen LogP contribution is -1.86. The van der Waals surface area contributed by atoms with Crippen molar-refractivity contribution in [3.63, 3.8) is 0 Å². The highest BCUT2D eigenvalue weighted by atomic mass is 14.2. The summed E-state index contributed by atoms with van der Waals surface area (Å²) in [6.45, 7) is 3.96. The number of fused-ring (bicyclic) bond motifs is 1. The molecular weight excluding hydrogens is 288 g/mol. The largest absolute Gasteiger partial charge is 0.0984 e. The third kappa shape index (κ3) is 1.80. The average molecular weight is 304 g/mol. The lowest BCUT2D eigenvalue weighted by atomic mass is 9.93. The van der Waals surface area contributed by atoms with E-state index >= 15 is 0 Å². The van der Waals surface area contributed by atoms with E-state index in [-0.39, 0.29) is 0 Å². The quantitative estimate of drug-likeness (QED) is 0.337. The van der Waals surface area contributed by atoms with Crippen molar-refractivity contribution in [1.82, 2.24) is 0 Å². The summed E-state index contributed by atoms with van der Waals surface area (Å²) in [5.41, 5.74) is 6.39. The lowest BCUT2D eigenvalue weighted by molar-refractivity contribution is 1.65. The summed E-state index contributed by atoms with van der Waals surface area (Å²) in [4.78, 5) is 0. The number of benzene rings is 4. The normalized spacial score (nSPS) is 12.2. The molecule has 0 bridgehead atoms. The van der Waals surface area contributed by atoms with Crippen LogP contribution in [0, 0.1) is 0 Å². The van der Waals surface area contributed by atoms with Crippen molar-refractivity contribution in [2.45, 2.75) is 0 Å². The van der Waals surface area contributed by atoms with Crippen LogP contribution in [0.25, 0.3) is 50.9 Å². The third-order valence-corrected chi connectivity index (χ3v) is 4.99. The van der Waals surface area contributed by atoms with Gasteiger partial charge in [0, 0.05) is 0 Å². The van der Waals surface area contributed by atoms with Crippen molar-refractivity contribution in [3.05, 3.63) is 90.0 Å². The molecule has 0 heterocycles. The van der Waals surface area contributed by atoms with E-state index in [1.54, 1.807) is 0 Å². The van der Waals surface area contributed by atoms with Gasteiger partial charge in [0.2, 0.25) is 0 Å². The summed E-state index contributed by atoms with van der Waals surface area (Å²) in [6, 6.07) is 24.1. The van der Waals surface area contributed by atoms with E-state index in [0.717, 1.165) is 0 Å². The first-order valence-electron chi connectivity index (χ1n) is 8.24. The van der Waals surface area contributed by atoms with E-state index in [0.29, 0.717) is 0 Å². The molecule has 1 aliphatic carbocycles. The Hall–Kier alpha value is -3.12. The first-order chi connectivity index (χ1) is 11.8. The zero-order valence-electron chi connectivity index (χ0n) is 13.3. The minimum atomic E-state index is 1.18. The van der Waals surface area contributed by atoms with E-state index in [1.807, 2.05) is 6.08 Å². The van der Waals surface area contributed by atoms with Crippen molar-refractivity contribution < 1.29 is 0 Å². The summed E-state index contributed by atoms with van der Waals surface area (Å²) in [5, 5.41) is 5.19. The first kappa shape index (κ1) is 13.3. The molecule has 0 atom stereocenters. The average Bonchev–Trinajstić information content (AvgIpc) is 3.07. The molecule has 4 aromatic carbocycles. The fraction of sp³-hybridized carbons (Fsp3) is 0. The Morgan fingerprint density at radius 2 is 1.58 bits per heavy atom. The third-order valence-electron chi connectivity index (χ3n) is 4.99. The standard InChI is InChI=1S/C24H16/c1-2-16-5-3-6-17-9-10-20(15-23(16)17)21-13-11-18-7-4-8-19-12-14-22(21)24(18)19/h2-15H,1H2. The highest BCUT2D eigenvalue weighted by Gasteiger charge is 2.14. The van der Waals surface area contributed by atoms with Crippen LogP contribution in [0.5, 0.6) is 0 Å². The van der Waals surface area contributed by atoms with Gasteiger partial charge in [-0.15, -0.1) is 0 Å². The highest BCUT2D eigenvalue weighted by Crippen LogP contribution is 2.39. The Kier molecular flexibility index (Phi) is 2.74. The van der Waals surface area contributed by atoms with Gasteiger partial charge in [-0.1, -0.05) is 85.5 Å². The molecule has 0 heteroatoms. The Labute approximate surface area is 141 Å². The topological polar surface area (TPSA) is 0 Å². The molecule has 0 unspecified atom stereocenters. The minimum absolute atomic E-state index is 1.18. The molecule has 0 spiro atoms. The smallest absolute Gasteiger partial charge is 0.00326 e. The summed E-state index contributed by atoms with van der Waals surface area (Å²) in [5.74, 6) is 0. The summed E-state index contributed by atoms with van der Waals surface area (Å²) >= 11 is 0. The molecule has 0 saturated heterocycles. The Bertz CT molecular complexity index is 1160. The van der Waals surface area contributed by atoms with Gasteiger partial charge in [0.15, 0.2) is 0 Å². The monoisotopic (exact) mass is 304 g/mol. The van der Waals surface area contributed by atoms with Gasteiger partial charge < -0.3 is 0 Å². The second-order valence-electron chi connectivity index (χ2n) is 6.29. The molecule has 0 aromatic heterocycles. The van der Waals surface area contributed by atoms with Crippen LogP contribution in [0.4, 0.5) is 0 Å². The second kappa shape index (κ2) is 4.94. The van der Waals surface area contributed by atoms with Gasteiger partial charge in [0.05, 0.1) is 0 Å². The van der Waals surface area contributed by atoms with Gasteiger partial charge >= 0.3 is 0 Å². The fourth-order valence-electron chi connectivity index (χ4n) is 3.82. The minimum Gasteiger partial charge on any atom is -0.0984 e. The molecule has 0 aliphatic heterocycles. The van der Waals surface area contributed by atoms with E-state index in [1.165, 1.54) is 49.4 Å². The maximum absolute atomic E-state index is 3.96. The van der Waals surface area contributed by atoms with Crippen LogP contribution in [0.15, 0.2) is 73.3 Å². The van der Waals surface area contributed by atoms with Crippen molar-refractivity contribution in [2.75, 3.05) is 0 Å². The molecule has 112 valence electrons. The van der Waals surface area contributed by atoms with Crippen LogP contribution in [0.3, 0.4) is 0 Å². The summed E-state index contributed by atoms with van der Waals surface area (Å²) in [6.07, 6.45) is 6.40. The molecule has 0 nitrogen and oxygen atoms in total. The SMILES string of the molecule is C=Cc1cccc2ccc(-c3ccc4cccc5c4c3C=C5)cc12. The van der Waals surface area contributed by atoms with Crippen molar-refractivity contribution >= 4 is 39.8 Å². The van der Waals surface area contributed by atoms with Crippen LogP contribution in [-0.4, -0.2) is 0 Å². The second-order valence-corrected chi connectivity index (χ2v) is 6.29. The summed E-state index contributed by atoms with van der Waals surface area (Å²) < 4.78 is 0. The Balaban J connectivity index is 1.82. The van der Waals surface area contributed by atoms with E-state index in [2.05, 4.69) is 85.5 Å². The van der Waals surface area contributed by atoms with Gasteiger partial charge in [-0.3, -0.25) is 0 Å². The molecule has 0 fully saturated rings. The number of rotatable bonds is 2. The lowest BCUT2D eigenvalue weighted by Gasteiger charge is -2.11. The molecule has 0 amide bonds. The molecule has 0 N–H and O–H groups in total. The van der Waals surface area contributed by atoms with Gasteiger partial charge in [0.1, 0.15) is 0 Å². The zero-order valence-corrected chi connectivity index (χ0v) is 13.3. The van der Waals surface area contributed by atoms with Crippen molar-refractivity contribution in [2.24, 2.45) is 0 Å². The maximum Gasteiger partial charge on any atom is -0.00326 e. The summed E-state index contributed by atoms with van der Waals surface area (Å²) in [7, 11) is 0. The van der Waals surface area contributed by atoms with Gasteiger partial charge in [-0.25, -0.2) is 0 Å². The predicted octanol–water partition coefficient (Wildman–Crippen LogP) is 6.79.